The van der Waals surface area contributed by atoms with E-state index in [2.05, 4.69) is 5.72 Å². The zero-order valence-electron chi connectivity index (χ0n) is 5.97. The molecule has 0 aromatic heterocycles. The molecule has 0 aromatic rings. The average molecular weight is 391 g/mol. The third kappa shape index (κ3) is 7.13. The SMILES string of the molecule is [CH3][Hg][O]S(=O)(=O)OS(C)(=O)=O. The van der Waals surface area contributed by atoms with Gasteiger partial charge in [0.05, 0.1) is 0 Å². The molecule has 0 amide bonds. The standard InChI is InChI=1S/CH4O6S2.CH3.Hg/c1-8(2,3)7-9(4,5)6;;/h1H3,(H,4,5,6);1H3;/q;;+1/p-1. The van der Waals surface area contributed by atoms with Crippen molar-refractivity contribution in [2.24, 2.45) is 0 Å². The fraction of sp³-hybridized carbons (Fsp3) is 1.00. The van der Waals surface area contributed by atoms with Gasteiger partial charge in [-0.2, -0.15) is 0 Å². The topological polar surface area (TPSA) is 86.7 Å². The normalized spacial score (nSPS) is 12.5. The summed E-state index contributed by atoms with van der Waals surface area (Å²) in [7, 11) is -8.26. The summed E-state index contributed by atoms with van der Waals surface area (Å²) in [4.78, 5) is 0. The molecule has 9 heteroatoms. The molecule has 0 spiro atoms. The van der Waals surface area contributed by atoms with E-state index in [-0.39, 0.29) is 0 Å². The van der Waals surface area contributed by atoms with Gasteiger partial charge >= 0.3 is 78.8 Å². The monoisotopic (exact) mass is 392 g/mol. The summed E-state index contributed by atoms with van der Waals surface area (Å²) in [5, 5.41) is 0. The van der Waals surface area contributed by atoms with Crippen LogP contribution in [0.2, 0.25) is 4.43 Å². The van der Waals surface area contributed by atoms with Crippen LogP contribution in [0, 0.1) is 0 Å². The number of hydrogen-bond acceptors (Lipinski definition) is 6. The molecule has 0 saturated heterocycles. The molecule has 0 rings (SSSR count). The van der Waals surface area contributed by atoms with Gasteiger partial charge in [0.15, 0.2) is 0 Å². The minimum atomic E-state index is -4.28. The molecule has 0 N–H and O–H groups in total. The maximum absolute atomic E-state index is 10.5. The molecule has 64 valence electrons. The summed E-state index contributed by atoms with van der Waals surface area (Å²) in [5.74, 6) is 0. The van der Waals surface area contributed by atoms with E-state index in [1.54, 1.807) is 4.43 Å². The summed E-state index contributed by atoms with van der Waals surface area (Å²) < 4.78 is 50.9. The summed E-state index contributed by atoms with van der Waals surface area (Å²) >= 11 is -1.88. The van der Waals surface area contributed by atoms with Crippen LogP contribution in [0.3, 0.4) is 0 Å². The Morgan fingerprint density at radius 1 is 1.18 bits per heavy atom. The van der Waals surface area contributed by atoms with Gasteiger partial charge in [0, 0.05) is 0 Å². The molecule has 0 aliphatic heterocycles. The van der Waals surface area contributed by atoms with E-state index in [1.165, 1.54) is 0 Å². The molecule has 0 atom stereocenters. The van der Waals surface area contributed by atoms with Gasteiger partial charge in [-0.15, -0.1) is 0 Å². The van der Waals surface area contributed by atoms with Crippen molar-refractivity contribution in [1.29, 1.82) is 0 Å². The van der Waals surface area contributed by atoms with Crippen molar-refractivity contribution < 1.29 is 47.6 Å². The van der Waals surface area contributed by atoms with E-state index in [9.17, 15) is 16.8 Å². The molecule has 0 aliphatic carbocycles. The summed E-state index contributed by atoms with van der Waals surface area (Å²) in [6.07, 6.45) is 0.639. The van der Waals surface area contributed by atoms with Crippen molar-refractivity contribution in [1.82, 2.24) is 0 Å². The Balaban J connectivity index is 4.40. The molecule has 0 heterocycles. The fourth-order valence-corrected chi connectivity index (χ4v) is 6.71. The Bertz CT molecular complexity index is 299. The van der Waals surface area contributed by atoms with Crippen molar-refractivity contribution in [2.45, 2.75) is 4.43 Å². The second kappa shape index (κ2) is 4.12. The van der Waals surface area contributed by atoms with E-state index < -0.39 is 45.5 Å². The van der Waals surface area contributed by atoms with Crippen molar-refractivity contribution >= 4 is 20.5 Å². The predicted octanol–water partition coefficient (Wildman–Crippen LogP) is -0.730. The van der Waals surface area contributed by atoms with Crippen LogP contribution in [0.5, 0.6) is 0 Å². The zero-order chi connectivity index (χ0) is 9.12. The van der Waals surface area contributed by atoms with Crippen LogP contribution in [0.4, 0.5) is 0 Å². The van der Waals surface area contributed by atoms with E-state index >= 15 is 0 Å². The van der Waals surface area contributed by atoms with Gasteiger partial charge in [-0.3, -0.25) is 0 Å². The van der Waals surface area contributed by atoms with Gasteiger partial charge in [0.25, 0.3) is 0 Å². The van der Waals surface area contributed by atoms with Crippen molar-refractivity contribution in [3.05, 3.63) is 0 Å². The molecule has 0 aromatic carbocycles. The number of rotatable bonds is 4. The minimum absolute atomic E-state index is 0.639. The average Bonchev–Trinajstić information content (AvgIpc) is 1.55. The Morgan fingerprint density at radius 3 is 1.91 bits per heavy atom. The van der Waals surface area contributed by atoms with Gasteiger partial charge in [-0.1, -0.05) is 0 Å². The Labute approximate surface area is 78.4 Å². The third-order valence-electron chi connectivity index (χ3n) is 0.469. The van der Waals surface area contributed by atoms with E-state index in [1.807, 2.05) is 0 Å². The molecule has 0 bridgehead atoms. The Hall–Kier alpha value is 0.755. The predicted molar refractivity (Wildman–Crippen MR) is 31.8 cm³/mol. The van der Waals surface area contributed by atoms with Crippen molar-refractivity contribution in [3.8, 4) is 0 Å². The number of hydrogen-bond donors (Lipinski definition) is 0. The Kier molecular flexibility index (Phi) is 4.41. The first kappa shape index (κ1) is 11.8. The van der Waals surface area contributed by atoms with Gasteiger partial charge in [0.2, 0.25) is 0 Å². The summed E-state index contributed by atoms with van der Waals surface area (Å²) in [6, 6.07) is 0. The van der Waals surface area contributed by atoms with Crippen LogP contribution >= 0.6 is 0 Å². The van der Waals surface area contributed by atoms with Crippen molar-refractivity contribution in [3.63, 3.8) is 0 Å². The van der Waals surface area contributed by atoms with Crippen LogP contribution in [-0.2, 0) is 51.3 Å². The zero-order valence-corrected chi connectivity index (χ0v) is 13.1. The van der Waals surface area contributed by atoms with Gasteiger partial charge in [0.1, 0.15) is 0 Å². The first-order chi connectivity index (χ1) is 4.77. The van der Waals surface area contributed by atoms with E-state index in [0.29, 0.717) is 6.26 Å². The molecule has 0 radical (unpaired) electrons. The molecule has 0 saturated carbocycles. The molecule has 6 nitrogen and oxygen atoms in total. The van der Waals surface area contributed by atoms with Gasteiger partial charge in [-0.05, 0) is 0 Å². The van der Waals surface area contributed by atoms with Crippen LogP contribution < -0.4 is 0 Å². The van der Waals surface area contributed by atoms with Crippen LogP contribution in [0.15, 0.2) is 0 Å². The summed E-state index contributed by atoms with van der Waals surface area (Å²) in [5.41, 5.74) is 0. The molecule has 0 aliphatic rings. The second-order valence-electron chi connectivity index (χ2n) is 1.59. The van der Waals surface area contributed by atoms with E-state index in [4.69, 9.17) is 0 Å². The summed E-state index contributed by atoms with van der Waals surface area (Å²) in [6.45, 7) is 0. The van der Waals surface area contributed by atoms with Crippen LogP contribution in [0.25, 0.3) is 0 Å². The van der Waals surface area contributed by atoms with Crippen LogP contribution in [-0.4, -0.2) is 23.1 Å². The van der Waals surface area contributed by atoms with Crippen molar-refractivity contribution in [2.75, 3.05) is 6.26 Å². The van der Waals surface area contributed by atoms with Gasteiger partial charge in [-0.25, -0.2) is 0 Å². The maximum atomic E-state index is 10.5. The third-order valence-corrected chi connectivity index (χ3v) is 8.76. The molecular formula is C2H6HgO6S2. The molecule has 0 fully saturated rings. The van der Waals surface area contributed by atoms with Gasteiger partial charge < -0.3 is 0 Å². The first-order valence-electron chi connectivity index (χ1n) is 2.57. The Morgan fingerprint density at radius 2 is 1.64 bits per heavy atom. The second-order valence-corrected chi connectivity index (χ2v) is 9.59. The molecular weight excluding hydrogens is 385 g/mol. The van der Waals surface area contributed by atoms with E-state index in [0.717, 1.165) is 0 Å². The molecule has 0 unspecified atom stereocenters. The first-order valence-corrected chi connectivity index (χ1v) is 13.5. The van der Waals surface area contributed by atoms with Crippen LogP contribution in [0.1, 0.15) is 0 Å². The quantitative estimate of drug-likeness (QED) is 0.588. The fourth-order valence-electron chi connectivity index (χ4n) is 0.315. The molecule has 11 heavy (non-hydrogen) atoms.